The summed E-state index contributed by atoms with van der Waals surface area (Å²) in [7, 11) is 0. The van der Waals surface area contributed by atoms with Crippen molar-refractivity contribution in [2.75, 3.05) is 31.3 Å². The van der Waals surface area contributed by atoms with Gasteiger partial charge in [0.1, 0.15) is 5.82 Å². The van der Waals surface area contributed by atoms with Crippen LogP contribution < -0.4 is 14.4 Å². The Labute approximate surface area is 197 Å². The zero-order valence-corrected chi connectivity index (χ0v) is 19.1. The molecule has 0 N–H and O–H groups in total. The molecule has 2 fully saturated rings. The van der Waals surface area contributed by atoms with Gasteiger partial charge in [-0.2, -0.15) is 10.4 Å². The minimum absolute atomic E-state index is 0.0496. The van der Waals surface area contributed by atoms with E-state index in [1.54, 1.807) is 10.6 Å². The van der Waals surface area contributed by atoms with Crippen LogP contribution in [0.2, 0.25) is 0 Å². The van der Waals surface area contributed by atoms with Crippen LogP contribution in [-0.2, 0) is 0 Å². The maximum Gasteiger partial charge on any atom is 0.258 e. The number of piperidine rings is 1. The molecular weight excluding hydrogens is 432 g/mol. The Hall–Kier alpha value is -3.80. The monoisotopic (exact) mass is 458 g/mol. The van der Waals surface area contributed by atoms with E-state index in [4.69, 9.17) is 19.6 Å². The van der Waals surface area contributed by atoms with E-state index in [1.807, 2.05) is 36.2 Å². The smallest absolute Gasteiger partial charge is 0.258 e. The number of amides is 1. The first-order valence-corrected chi connectivity index (χ1v) is 11.8. The van der Waals surface area contributed by atoms with Crippen LogP contribution in [0.3, 0.4) is 0 Å². The summed E-state index contributed by atoms with van der Waals surface area (Å²) in [5, 5.41) is 14.1. The third kappa shape index (κ3) is 3.41. The highest BCUT2D eigenvalue weighted by atomic mass is 16.7. The third-order valence-electron chi connectivity index (χ3n) is 7.03. The second kappa shape index (κ2) is 8.20. The molecule has 2 saturated heterocycles. The van der Waals surface area contributed by atoms with Crippen LogP contribution in [-0.4, -0.2) is 51.8 Å². The molecule has 0 spiro atoms. The predicted octanol–water partition coefficient (Wildman–Crippen LogP) is 3.48. The van der Waals surface area contributed by atoms with Gasteiger partial charge >= 0.3 is 0 Å². The Bertz CT molecular complexity index is 1310. The number of ether oxygens (including phenoxy) is 2. The number of carbonyl (C=O) groups excluding carboxylic acids is 1. The van der Waals surface area contributed by atoms with Crippen molar-refractivity contribution in [3.8, 4) is 17.6 Å². The summed E-state index contributed by atoms with van der Waals surface area (Å²) in [6, 6.07) is 9.68. The van der Waals surface area contributed by atoms with Crippen LogP contribution in [0.25, 0.3) is 5.65 Å². The molecule has 1 aromatic carbocycles. The molecule has 0 saturated carbocycles. The Kier molecular flexibility index (Phi) is 5.01. The Morgan fingerprint density at radius 1 is 1.21 bits per heavy atom. The highest BCUT2D eigenvalue weighted by Gasteiger charge is 2.34. The van der Waals surface area contributed by atoms with E-state index >= 15 is 0 Å². The highest BCUT2D eigenvalue weighted by molar-refractivity contribution is 5.98. The van der Waals surface area contributed by atoms with Crippen LogP contribution in [0.5, 0.6) is 11.5 Å². The van der Waals surface area contributed by atoms with Gasteiger partial charge in [0.25, 0.3) is 5.91 Å². The normalized spacial score (nSPS) is 21.8. The topological polar surface area (TPSA) is 96.0 Å². The van der Waals surface area contributed by atoms with Gasteiger partial charge in [-0.25, -0.2) is 9.50 Å². The molecule has 174 valence electrons. The molecule has 34 heavy (non-hydrogen) atoms. The molecule has 1 unspecified atom stereocenters. The third-order valence-corrected chi connectivity index (χ3v) is 7.03. The lowest BCUT2D eigenvalue weighted by molar-refractivity contribution is 0.0601. The van der Waals surface area contributed by atoms with Crippen molar-refractivity contribution >= 4 is 17.4 Å². The fourth-order valence-electron chi connectivity index (χ4n) is 5.30. The first-order valence-electron chi connectivity index (χ1n) is 11.8. The zero-order valence-electron chi connectivity index (χ0n) is 19.1. The maximum absolute atomic E-state index is 13.6. The quantitative estimate of drug-likeness (QED) is 0.593. The number of anilines is 1. The second-order valence-electron chi connectivity index (χ2n) is 9.23. The number of benzene rings is 1. The first-order chi connectivity index (χ1) is 16.6. The van der Waals surface area contributed by atoms with Gasteiger partial charge in [-0.15, -0.1) is 0 Å². The van der Waals surface area contributed by atoms with Gasteiger partial charge in [0.05, 0.1) is 29.3 Å². The number of para-hydroxylation sites is 1. The molecule has 0 aliphatic carbocycles. The molecule has 0 bridgehead atoms. The van der Waals surface area contributed by atoms with Gasteiger partial charge in [0.2, 0.25) is 6.79 Å². The number of carbonyl (C=O) groups is 1. The predicted molar refractivity (Wildman–Crippen MR) is 124 cm³/mol. The van der Waals surface area contributed by atoms with Gasteiger partial charge in [-0.1, -0.05) is 6.07 Å². The number of nitriles is 1. The summed E-state index contributed by atoms with van der Waals surface area (Å²) in [6.45, 7) is 4.37. The summed E-state index contributed by atoms with van der Waals surface area (Å²) < 4.78 is 12.9. The number of aryl methyl sites for hydroxylation is 1. The summed E-state index contributed by atoms with van der Waals surface area (Å²) in [6.07, 6.45) is 5.70. The number of rotatable bonds is 3. The summed E-state index contributed by atoms with van der Waals surface area (Å²) in [5.74, 6) is 2.03. The lowest BCUT2D eigenvalue weighted by Gasteiger charge is -2.35. The molecule has 3 aliphatic rings. The molecule has 1 amide bonds. The number of hydrogen-bond donors (Lipinski definition) is 0. The average Bonchev–Trinajstić information content (AvgIpc) is 3.61. The molecule has 2 aromatic heterocycles. The van der Waals surface area contributed by atoms with Crippen LogP contribution >= 0.6 is 0 Å². The van der Waals surface area contributed by atoms with Crippen molar-refractivity contribution in [1.82, 2.24) is 19.5 Å². The van der Waals surface area contributed by atoms with Crippen molar-refractivity contribution in [1.29, 1.82) is 5.26 Å². The molecule has 9 nitrogen and oxygen atoms in total. The van der Waals surface area contributed by atoms with Crippen molar-refractivity contribution in [2.45, 2.75) is 38.6 Å². The maximum atomic E-state index is 13.6. The standard InChI is InChI=1S/C25H26N6O3/c1-16-13-31-22(27-24(16)29-10-8-17(12-26)14-29)11-19(28-31)20-6-2-3-9-30(20)25(32)18-5-4-7-21-23(18)34-15-33-21/h4-5,7,11,13,17,20H,2-3,6,8-10,14-15H2,1H3/t17?,20-/m0/s1. The number of hydrogen-bond acceptors (Lipinski definition) is 7. The van der Waals surface area contributed by atoms with E-state index in [0.717, 1.165) is 55.0 Å². The number of likely N-dealkylation sites (tertiary alicyclic amines) is 1. The summed E-state index contributed by atoms with van der Waals surface area (Å²) in [5.41, 5.74) is 3.15. The van der Waals surface area contributed by atoms with E-state index in [9.17, 15) is 10.1 Å². The second-order valence-corrected chi connectivity index (χ2v) is 9.23. The minimum Gasteiger partial charge on any atom is -0.454 e. The first kappa shape index (κ1) is 20.8. The molecule has 3 aromatic rings. The molecular formula is C25H26N6O3. The number of aromatic nitrogens is 3. The molecule has 3 aliphatic heterocycles. The molecule has 0 radical (unpaired) electrons. The van der Waals surface area contributed by atoms with E-state index < -0.39 is 0 Å². The largest absolute Gasteiger partial charge is 0.454 e. The fraction of sp³-hybridized carbons (Fsp3) is 0.440. The van der Waals surface area contributed by atoms with Gasteiger partial charge in [0.15, 0.2) is 17.1 Å². The van der Waals surface area contributed by atoms with E-state index in [1.165, 1.54) is 0 Å². The number of fused-ring (bicyclic) bond motifs is 2. The van der Waals surface area contributed by atoms with Gasteiger partial charge < -0.3 is 19.3 Å². The van der Waals surface area contributed by atoms with Crippen LogP contribution in [0, 0.1) is 24.2 Å². The van der Waals surface area contributed by atoms with Gasteiger partial charge in [-0.3, -0.25) is 4.79 Å². The summed E-state index contributed by atoms with van der Waals surface area (Å²) in [4.78, 5) is 22.6. The Morgan fingerprint density at radius 3 is 2.97 bits per heavy atom. The highest BCUT2D eigenvalue weighted by Crippen LogP contribution is 2.39. The fourth-order valence-corrected chi connectivity index (χ4v) is 5.30. The lowest BCUT2D eigenvalue weighted by atomic mass is 9.98. The lowest BCUT2D eigenvalue weighted by Crippen LogP contribution is -2.38. The number of nitrogens with zero attached hydrogens (tertiary/aromatic N) is 6. The minimum atomic E-state index is -0.125. The molecule has 2 atom stereocenters. The average molecular weight is 459 g/mol. The molecule has 9 heteroatoms. The van der Waals surface area contributed by atoms with E-state index in [2.05, 4.69) is 11.0 Å². The van der Waals surface area contributed by atoms with Crippen LogP contribution in [0.15, 0.2) is 30.5 Å². The molecule has 5 heterocycles. The van der Waals surface area contributed by atoms with Crippen molar-refractivity contribution < 1.29 is 14.3 Å². The van der Waals surface area contributed by atoms with Crippen LogP contribution in [0.4, 0.5) is 5.82 Å². The van der Waals surface area contributed by atoms with Gasteiger partial charge in [0, 0.05) is 37.5 Å². The molecule has 6 rings (SSSR count). The van der Waals surface area contributed by atoms with E-state index in [-0.39, 0.29) is 24.7 Å². The Morgan fingerprint density at radius 2 is 2.12 bits per heavy atom. The van der Waals surface area contributed by atoms with Crippen molar-refractivity contribution in [3.63, 3.8) is 0 Å². The van der Waals surface area contributed by atoms with E-state index in [0.29, 0.717) is 30.2 Å². The van der Waals surface area contributed by atoms with Crippen molar-refractivity contribution in [3.05, 3.63) is 47.3 Å². The van der Waals surface area contributed by atoms with Crippen LogP contribution in [0.1, 0.15) is 53.3 Å². The summed E-state index contributed by atoms with van der Waals surface area (Å²) >= 11 is 0. The Balaban J connectivity index is 1.32. The zero-order chi connectivity index (χ0) is 23.2. The van der Waals surface area contributed by atoms with Crippen molar-refractivity contribution in [2.24, 2.45) is 5.92 Å². The SMILES string of the molecule is Cc1cn2nc([C@@H]3CCCCN3C(=O)c3cccc4c3OCO4)cc2nc1N1CCC(C#N)C1. The van der Waals surface area contributed by atoms with Gasteiger partial charge in [-0.05, 0) is 44.7 Å².